The van der Waals surface area contributed by atoms with Gasteiger partial charge in [0, 0.05) is 29.6 Å². The van der Waals surface area contributed by atoms with Crippen molar-refractivity contribution in [1.29, 1.82) is 0 Å². The van der Waals surface area contributed by atoms with E-state index in [1.165, 1.54) is 0 Å². The number of hydrogen-bond acceptors (Lipinski definition) is 4. The van der Waals surface area contributed by atoms with Gasteiger partial charge >= 0.3 is 0 Å². The van der Waals surface area contributed by atoms with Crippen LogP contribution in [0.5, 0.6) is 0 Å². The Morgan fingerprint density at radius 1 is 1.16 bits per heavy atom. The van der Waals surface area contributed by atoms with Gasteiger partial charge in [-0.15, -0.1) is 0 Å². The molecule has 0 radical (unpaired) electrons. The Morgan fingerprint density at radius 2 is 1.81 bits per heavy atom. The molecular formula is C25H32ClN3O2. The zero-order valence-electron chi connectivity index (χ0n) is 18.6. The largest absolute Gasteiger partial charge is 0.387 e. The van der Waals surface area contributed by atoms with E-state index in [4.69, 9.17) is 11.6 Å². The number of nitrogens with zero attached hydrogens (tertiary/aromatic N) is 3. The maximum atomic E-state index is 13.5. The number of carbonyl (C=O) groups is 1. The van der Waals surface area contributed by atoms with Gasteiger partial charge in [-0.25, -0.2) is 9.97 Å². The first-order valence-electron chi connectivity index (χ1n) is 11.4. The van der Waals surface area contributed by atoms with Crippen LogP contribution in [0.4, 0.5) is 0 Å². The molecule has 1 amide bonds. The summed E-state index contributed by atoms with van der Waals surface area (Å²) in [5.74, 6) is 1.10. The average molecular weight is 442 g/mol. The predicted molar refractivity (Wildman–Crippen MR) is 122 cm³/mol. The van der Waals surface area contributed by atoms with Gasteiger partial charge in [-0.05, 0) is 55.2 Å². The SMILES string of the molecule is CC(C)C[C@@H](C(=O)N1CCC(c2ncnc3c2[C@H](C)C[C@H]3O)CC1)c1ccc(Cl)cc1. The van der Waals surface area contributed by atoms with Crippen LogP contribution in [0.25, 0.3) is 0 Å². The van der Waals surface area contributed by atoms with Crippen molar-refractivity contribution in [2.24, 2.45) is 5.92 Å². The maximum Gasteiger partial charge on any atom is 0.230 e. The predicted octanol–water partition coefficient (Wildman–Crippen LogP) is 5.21. The summed E-state index contributed by atoms with van der Waals surface area (Å²) >= 11 is 6.06. The molecule has 1 aliphatic carbocycles. The van der Waals surface area contributed by atoms with Crippen LogP contribution < -0.4 is 0 Å². The summed E-state index contributed by atoms with van der Waals surface area (Å²) in [4.78, 5) is 24.5. The molecule has 1 N–H and O–H groups in total. The molecule has 3 atom stereocenters. The normalized spacial score (nSPS) is 22.6. The monoisotopic (exact) mass is 441 g/mol. The van der Waals surface area contributed by atoms with Gasteiger partial charge in [-0.2, -0.15) is 0 Å². The van der Waals surface area contributed by atoms with Crippen LogP contribution in [0.15, 0.2) is 30.6 Å². The first-order valence-corrected chi connectivity index (χ1v) is 11.8. The molecule has 1 saturated heterocycles. The number of carbonyl (C=O) groups excluding carboxylic acids is 1. The van der Waals surface area contributed by atoms with Crippen molar-refractivity contribution in [3.63, 3.8) is 0 Å². The maximum absolute atomic E-state index is 13.5. The van der Waals surface area contributed by atoms with E-state index < -0.39 is 6.10 Å². The number of rotatable bonds is 5. The molecule has 4 rings (SSSR count). The average Bonchev–Trinajstić information content (AvgIpc) is 3.06. The lowest BCUT2D eigenvalue weighted by molar-refractivity contribution is -0.134. The second-order valence-electron chi connectivity index (χ2n) is 9.54. The van der Waals surface area contributed by atoms with Crippen LogP contribution in [0.1, 0.15) is 92.8 Å². The van der Waals surface area contributed by atoms with E-state index in [9.17, 15) is 9.90 Å². The quantitative estimate of drug-likeness (QED) is 0.691. The third-order valence-corrected chi connectivity index (χ3v) is 7.05. The standard InChI is InChI=1S/C25H32ClN3O2/c1-15(2)12-20(17-4-6-19(26)7-5-17)25(31)29-10-8-18(9-11-29)23-22-16(3)13-21(30)24(22)28-14-27-23/h4-7,14-16,18,20-21,30H,8-13H2,1-3H3/t16-,20-,21-/m1/s1. The van der Waals surface area contributed by atoms with Crippen molar-refractivity contribution in [1.82, 2.24) is 14.9 Å². The van der Waals surface area contributed by atoms with Crippen LogP contribution >= 0.6 is 11.6 Å². The molecular weight excluding hydrogens is 410 g/mol. The number of aliphatic hydroxyl groups is 1. The number of aliphatic hydroxyl groups excluding tert-OH is 1. The van der Waals surface area contributed by atoms with Gasteiger partial charge in [0.2, 0.25) is 5.91 Å². The zero-order valence-corrected chi connectivity index (χ0v) is 19.3. The summed E-state index contributed by atoms with van der Waals surface area (Å²) < 4.78 is 0. The summed E-state index contributed by atoms with van der Waals surface area (Å²) in [6, 6.07) is 7.71. The molecule has 31 heavy (non-hydrogen) atoms. The Kier molecular flexibility index (Phi) is 6.63. The lowest BCUT2D eigenvalue weighted by Gasteiger charge is -2.35. The van der Waals surface area contributed by atoms with Crippen LogP contribution in [-0.2, 0) is 4.79 Å². The Bertz CT molecular complexity index is 923. The molecule has 0 spiro atoms. The molecule has 2 aliphatic rings. The lowest BCUT2D eigenvalue weighted by Crippen LogP contribution is -2.41. The van der Waals surface area contributed by atoms with Gasteiger partial charge in [0.15, 0.2) is 0 Å². The highest BCUT2D eigenvalue weighted by Gasteiger charge is 2.36. The van der Waals surface area contributed by atoms with Gasteiger partial charge in [0.1, 0.15) is 6.33 Å². The van der Waals surface area contributed by atoms with Gasteiger partial charge in [-0.1, -0.05) is 44.5 Å². The van der Waals surface area contributed by atoms with Gasteiger partial charge in [0.25, 0.3) is 0 Å². The highest BCUT2D eigenvalue weighted by molar-refractivity contribution is 6.30. The topological polar surface area (TPSA) is 66.3 Å². The number of halogens is 1. The second kappa shape index (κ2) is 9.25. The highest BCUT2D eigenvalue weighted by atomic mass is 35.5. The Balaban J connectivity index is 1.48. The van der Waals surface area contributed by atoms with Crippen LogP contribution in [0.2, 0.25) is 5.02 Å². The van der Waals surface area contributed by atoms with E-state index in [0.717, 1.165) is 61.3 Å². The highest BCUT2D eigenvalue weighted by Crippen LogP contribution is 2.43. The van der Waals surface area contributed by atoms with E-state index in [1.807, 2.05) is 29.2 Å². The van der Waals surface area contributed by atoms with E-state index >= 15 is 0 Å². The second-order valence-corrected chi connectivity index (χ2v) is 9.98. The number of hydrogen-bond donors (Lipinski definition) is 1. The minimum atomic E-state index is -0.482. The van der Waals surface area contributed by atoms with Crippen molar-refractivity contribution in [3.05, 3.63) is 58.1 Å². The number of fused-ring (bicyclic) bond motifs is 1. The molecule has 2 aromatic rings. The molecule has 6 heteroatoms. The summed E-state index contributed by atoms with van der Waals surface area (Å²) in [6.45, 7) is 7.94. The van der Waals surface area contributed by atoms with Crippen molar-refractivity contribution in [2.75, 3.05) is 13.1 Å². The van der Waals surface area contributed by atoms with Crippen LogP contribution in [0, 0.1) is 5.92 Å². The Hall–Kier alpha value is -1.98. The fourth-order valence-electron chi connectivity index (χ4n) is 5.22. The van der Waals surface area contributed by atoms with E-state index in [0.29, 0.717) is 16.9 Å². The Labute approximate surface area is 189 Å². The molecule has 0 unspecified atom stereocenters. The smallest absolute Gasteiger partial charge is 0.230 e. The van der Waals surface area contributed by atoms with Crippen LogP contribution in [-0.4, -0.2) is 39.0 Å². The molecule has 0 bridgehead atoms. The summed E-state index contributed by atoms with van der Waals surface area (Å²) in [7, 11) is 0. The fraction of sp³-hybridized carbons (Fsp3) is 0.560. The van der Waals surface area contributed by atoms with Crippen molar-refractivity contribution in [2.45, 2.75) is 70.3 Å². The fourth-order valence-corrected chi connectivity index (χ4v) is 5.35. The van der Waals surface area contributed by atoms with Gasteiger partial charge in [-0.3, -0.25) is 4.79 Å². The number of benzene rings is 1. The molecule has 2 heterocycles. The summed E-state index contributed by atoms with van der Waals surface area (Å²) in [6.07, 6.45) is 4.45. The molecule has 166 valence electrons. The van der Waals surface area contributed by atoms with E-state index in [2.05, 4.69) is 30.7 Å². The summed E-state index contributed by atoms with van der Waals surface area (Å²) in [5, 5.41) is 11.0. The first-order chi connectivity index (χ1) is 14.8. The minimum absolute atomic E-state index is 0.132. The van der Waals surface area contributed by atoms with Gasteiger partial charge < -0.3 is 10.0 Å². The number of aromatic nitrogens is 2. The molecule has 0 saturated carbocycles. The number of amides is 1. The first kappa shape index (κ1) is 22.2. The minimum Gasteiger partial charge on any atom is -0.387 e. The van der Waals surface area contributed by atoms with E-state index in [1.54, 1.807) is 6.33 Å². The van der Waals surface area contributed by atoms with Crippen molar-refractivity contribution in [3.8, 4) is 0 Å². The van der Waals surface area contributed by atoms with Crippen molar-refractivity contribution < 1.29 is 9.90 Å². The molecule has 1 aliphatic heterocycles. The van der Waals surface area contributed by atoms with E-state index in [-0.39, 0.29) is 17.7 Å². The molecule has 1 aromatic heterocycles. The molecule has 5 nitrogen and oxygen atoms in total. The third kappa shape index (κ3) is 4.63. The summed E-state index contributed by atoms with van der Waals surface area (Å²) in [5.41, 5.74) is 4.06. The number of piperidine rings is 1. The number of likely N-dealkylation sites (tertiary alicyclic amines) is 1. The third-order valence-electron chi connectivity index (χ3n) is 6.80. The molecule has 1 aromatic carbocycles. The van der Waals surface area contributed by atoms with Crippen LogP contribution in [0.3, 0.4) is 0 Å². The molecule has 1 fully saturated rings. The zero-order chi connectivity index (χ0) is 22.1. The van der Waals surface area contributed by atoms with Crippen molar-refractivity contribution >= 4 is 17.5 Å². The Morgan fingerprint density at radius 3 is 2.45 bits per heavy atom. The lowest BCUT2D eigenvalue weighted by atomic mass is 9.85. The van der Waals surface area contributed by atoms with Gasteiger partial charge in [0.05, 0.1) is 23.4 Å².